The minimum absolute atomic E-state index is 0.0396. The second kappa shape index (κ2) is 14.2. The SMILES string of the molecule is Cc1c(C(=O)C2CCN(C(=O)[C@@H]3CC[C@@H](C)N3C(=O)OC(C)(C)C)[C@@H](C)C2)c2ccncc2n1-c1ccc(F)cc1C(=O)N(C(C)C)C(C)C. The number of carbonyl (C=O) groups excluding carboxylic acids is 4. The van der Waals surface area contributed by atoms with Crippen LogP contribution in [-0.4, -0.2) is 90.3 Å². The topological polar surface area (TPSA) is 105 Å². The molecule has 2 aliphatic rings. The Balaban J connectivity index is 1.44. The first-order chi connectivity index (χ1) is 23.4. The van der Waals surface area contributed by atoms with Crippen LogP contribution in [0.15, 0.2) is 36.7 Å². The summed E-state index contributed by atoms with van der Waals surface area (Å²) < 4.78 is 22.2. The number of amides is 3. The van der Waals surface area contributed by atoms with Gasteiger partial charge in [0.25, 0.3) is 5.91 Å². The van der Waals surface area contributed by atoms with Crippen molar-refractivity contribution in [1.82, 2.24) is 24.3 Å². The summed E-state index contributed by atoms with van der Waals surface area (Å²) in [7, 11) is 0. The predicted molar refractivity (Wildman–Crippen MR) is 191 cm³/mol. The van der Waals surface area contributed by atoms with Gasteiger partial charge in [0.05, 0.1) is 23.0 Å². The van der Waals surface area contributed by atoms with Gasteiger partial charge in [-0.3, -0.25) is 24.3 Å². The predicted octanol–water partition coefficient (Wildman–Crippen LogP) is 7.33. The van der Waals surface area contributed by atoms with Gasteiger partial charge in [0.15, 0.2) is 5.78 Å². The zero-order chi connectivity index (χ0) is 36.8. The number of rotatable bonds is 7. The number of piperidine rings is 1. The minimum atomic E-state index is -0.674. The number of carbonyl (C=O) groups is 4. The average molecular weight is 690 g/mol. The molecule has 4 heterocycles. The molecular formula is C39H52FN5O5. The Morgan fingerprint density at radius 2 is 1.66 bits per heavy atom. The van der Waals surface area contributed by atoms with Gasteiger partial charge in [0.2, 0.25) is 5.91 Å². The summed E-state index contributed by atoms with van der Waals surface area (Å²) in [6.45, 7) is 19.3. The lowest BCUT2D eigenvalue weighted by atomic mass is 9.84. The highest BCUT2D eigenvalue weighted by Gasteiger charge is 2.45. The number of nitrogens with zero attached hydrogens (tertiary/aromatic N) is 5. The molecule has 3 aromatic rings. The van der Waals surface area contributed by atoms with Crippen molar-refractivity contribution in [2.45, 2.75) is 131 Å². The molecule has 3 amide bonds. The molecule has 0 saturated carbocycles. The summed E-state index contributed by atoms with van der Waals surface area (Å²) in [5.74, 6) is -1.32. The quantitative estimate of drug-likeness (QED) is 0.241. The van der Waals surface area contributed by atoms with Crippen molar-refractivity contribution in [1.29, 1.82) is 0 Å². The van der Waals surface area contributed by atoms with Crippen LogP contribution < -0.4 is 0 Å². The molecule has 5 rings (SSSR count). The van der Waals surface area contributed by atoms with E-state index >= 15 is 0 Å². The molecule has 1 unspecified atom stereocenters. The molecular weight excluding hydrogens is 637 g/mol. The van der Waals surface area contributed by atoms with Gasteiger partial charge in [-0.2, -0.15) is 0 Å². The number of hydrogen-bond acceptors (Lipinski definition) is 6. The van der Waals surface area contributed by atoms with E-state index in [9.17, 15) is 23.6 Å². The standard InChI is InChI=1S/C39H52FN5O5/c1-22(2)43(23(3)4)36(47)30-20-28(40)12-14-31(30)45-26(7)34(29-15-17-41-21-33(29)45)35(46)27-16-18-42(25(6)19-27)37(48)32-13-11-24(5)44(32)38(49)50-39(8,9)10/h12,14-15,17,20-25,27,32H,11,13,16,18-19H2,1-10H3/t24-,25+,27?,32+/m1/s1. The zero-order valence-corrected chi connectivity index (χ0v) is 31.1. The van der Waals surface area contributed by atoms with Crippen LogP contribution in [0, 0.1) is 18.7 Å². The normalized spacial score (nSPS) is 21.3. The smallest absolute Gasteiger partial charge is 0.411 e. The molecule has 270 valence electrons. The fraction of sp³-hybridized carbons (Fsp3) is 0.564. The summed E-state index contributed by atoms with van der Waals surface area (Å²) in [4.78, 5) is 65.0. The maximum Gasteiger partial charge on any atom is 0.411 e. The molecule has 10 nitrogen and oxygen atoms in total. The van der Waals surface area contributed by atoms with Gasteiger partial charge in [-0.15, -0.1) is 0 Å². The van der Waals surface area contributed by atoms with Crippen molar-refractivity contribution >= 4 is 34.6 Å². The molecule has 50 heavy (non-hydrogen) atoms. The van der Waals surface area contributed by atoms with Gasteiger partial charge in [-0.25, -0.2) is 9.18 Å². The molecule has 1 aromatic carbocycles. The maximum absolute atomic E-state index is 14.7. The van der Waals surface area contributed by atoms with Crippen LogP contribution in [0.4, 0.5) is 9.18 Å². The molecule has 2 fully saturated rings. The molecule has 0 bridgehead atoms. The second-order valence-corrected chi connectivity index (χ2v) is 15.5. The van der Waals surface area contributed by atoms with Crippen LogP contribution in [0.2, 0.25) is 0 Å². The van der Waals surface area contributed by atoms with E-state index in [1.807, 2.05) is 78.7 Å². The van der Waals surface area contributed by atoms with E-state index in [4.69, 9.17) is 4.74 Å². The van der Waals surface area contributed by atoms with Crippen LogP contribution in [0.3, 0.4) is 0 Å². The highest BCUT2D eigenvalue weighted by atomic mass is 19.1. The molecule has 0 radical (unpaired) electrons. The zero-order valence-electron chi connectivity index (χ0n) is 31.1. The number of benzene rings is 1. The van der Waals surface area contributed by atoms with Crippen molar-refractivity contribution in [3.63, 3.8) is 0 Å². The Hall–Kier alpha value is -4.28. The number of likely N-dealkylation sites (tertiary alicyclic amines) is 2. The van der Waals surface area contributed by atoms with Crippen molar-refractivity contribution in [2.75, 3.05) is 6.54 Å². The van der Waals surface area contributed by atoms with E-state index in [1.54, 1.807) is 34.3 Å². The minimum Gasteiger partial charge on any atom is -0.444 e. The van der Waals surface area contributed by atoms with Gasteiger partial charge in [0.1, 0.15) is 17.5 Å². The second-order valence-electron chi connectivity index (χ2n) is 15.5. The largest absolute Gasteiger partial charge is 0.444 e. The van der Waals surface area contributed by atoms with E-state index in [2.05, 4.69) is 4.98 Å². The lowest BCUT2D eigenvalue weighted by Crippen LogP contribution is -2.55. The number of aromatic nitrogens is 2. The van der Waals surface area contributed by atoms with Crippen LogP contribution in [0.1, 0.15) is 114 Å². The van der Waals surface area contributed by atoms with Gasteiger partial charge in [-0.1, -0.05) is 0 Å². The van der Waals surface area contributed by atoms with Crippen molar-refractivity contribution in [2.24, 2.45) is 5.92 Å². The lowest BCUT2D eigenvalue weighted by molar-refractivity contribution is -0.140. The fourth-order valence-corrected chi connectivity index (χ4v) is 7.95. The summed E-state index contributed by atoms with van der Waals surface area (Å²) in [5.41, 5.74) is 1.83. The Bertz CT molecular complexity index is 1780. The van der Waals surface area contributed by atoms with Gasteiger partial charge in [-0.05, 0) is 119 Å². The van der Waals surface area contributed by atoms with Crippen molar-refractivity contribution < 1.29 is 28.3 Å². The van der Waals surface area contributed by atoms with E-state index in [-0.39, 0.29) is 53.2 Å². The average Bonchev–Trinajstić information content (AvgIpc) is 3.55. The lowest BCUT2D eigenvalue weighted by Gasteiger charge is -2.40. The van der Waals surface area contributed by atoms with Crippen LogP contribution in [-0.2, 0) is 9.53 Å². The number of halogens is 1. The number of ketones is 1. The first-order valence-electron chi connectivity index (χ1n) is 17.9. The molecule has 2 saturated heterocycles. The molecule has 4 atom stereocenters. The number of Topliss-reactive ketones (excluding diaryl/α,β-unsaturated/α-hetero) is 1. The number of pyridine rings is 1. The molecule has 0 spiro atoms. The summed E-state index contributed by atoms with van der Waals surface area (Å²) >= 11 is 0. The van der Waals surface area contributed by atoms with E-state index in [0.717, 1.165) is 0 Å². The van der Waals surface area contributed by atoms with Crippen LogP contribution in [0.25, 0.3) is 16.6 Å². The van der Waals surface area contributed by atoms with Crippen molar-refractivity contribution in [3.05, 3.63) is 59.3 Å². The van der Waals surface area contributed by atoms with E-state index in [1.165, 1.54) is 12.1 Å². The Morgan fingerprint density at radius 1 is 0.980 bits per heavy atom. The van der Waals surface area contributed by atoms with Crippen LogP contribution in [0.5, 0.6) is 0 Å². The Morgan fingerprint density at radius 3 is 2.28 bits per heavy atom. The molecule has 0 aliphatic carbocycles. The van der Waals surface area contributed by atoms with Crippen LogP contribution >= 0.6 is 0 Å². The first kappa shape index (κ1) is 37.0. The number of hydrogen-bond donors (Lipinski definition) is 0. The molecule has 2 aromatic heterocycles. The third-order valence-electron chi connectivity index (χ3n) is 10.1. The van der Waals surface area contributed by atoms with Gasteiger partial charge < -0.3 is 19.1 Å². The van der Waals surface area contributed by atoms with Crippen molar-refractivity contribution in [3.8, 4) is 5.69 Å². The highest BCUT2D eigenvalue weighted by molar-refractivity contribution is 6.11. The number of fused-ring (bicyclic) bond motifs is 1. The maximum atomic E-state index is 14.7. The Labute approximate surface area is 294 Å². The monoisotopic (exact) mass is 689 g/mol. The van der Waals surface area contributed by atoms with E-state index in [0.29, 0.717) is 60.1 Å². The van der Waals surface area contributed by atoms with Gasteiger partial charge >= 0.3 is 6.09 Å². The summed E-state index contributed by atoms with van der Waals surface area (Å²) in [6, 6.07) is 4.82. The van der Waals surface area contributed by atoms with E-state index < -0.39 is 23.6 Å². The first-order valence-corrected chi connectivity index (χ1v) is 17.9. The number of ether oxygens (including phenoxy) is 1. The highest BCUT2D eigenvalue weighted by Crippen LogP contribution is 2.36. The van der Waals surface area contributed by atoms with Gasteiger partial charge in [0, 0.05) is 59.5 Å². The third kappa shape index (κ3) is 7.01. The fourth-order valence-electron chi connectivity index (χ4n) is 7.95. The Kier molecular flexibility index (Phi) is 10.5. The third-order valence-corrected chi connectivity index (χ3v) is 10.1. The molecule has 2 aliphatic heterocycles. The summed E-state index contributed by atoms with van der Waals surface area (Å²) in [6.07, 6.45) is 5.05. The summed E-state index contributed by atoms with van der Waals surface area (Å²) in [5, 5.41) is 0.703. The molecule has 11 heteroatoms. The molecule has 0 N–H and O–H groups in total.